The van der Waals surface area contributed by atoms with E-state index in [9.17, 15) is 14.7 Å². The monoisotopic (exact) mass is 538 g/mol. The van der Waals surface area contributed by atoms with E-state index in [2.05, 4.69) is 18.7 Å². The smallest absolute Gasteiger partial charge is 0.295 e. The zero-order valence-corrected chi connectivity index (χ0v) is 23.6. The summed E-state index contributed by atoms with van der Waals surface area (Å²) in [5.74, 6) is 0.355. The van der Waals surface area contributed by atoms with Crippen molar-refractivity contribution in [1.29, 1.82) is 0 Å². The van der Waals surface area contributed by atoms with Gasteiger partial charge in [0, 0.05) is 18.5 Å². The normalized spacial score (nSPS) is 19.8. The number of ether oxygens (including phenoxy) is 4. The second-order valence-corrected chi connectivity index (χ2v) is 9.79. The van der Waals surface area contributed by atoms with E-state index in [1.54, 1.807) is 24.3 Å². The zero-order valence-electron chi connectivity index (χ0n) is 23.6. The fraction of sp³-hybridized carbons (Fsp3) is 0.467. The van der Waals surface area contributed by atoms with E-state index in [-0.39, 0.29) is 17.4 Å². The van der Waals surface area contributed by atoms with Gasteiger partial charge >= 0.3 is 0 Å². The molecular formula is C30H38N2O7. The lowest BCUT2D eigenvalue weighted by molar-refractivity contribution is -0.140. The van der Waals surface area contributed by atoms with Gasteiger partial charge in [-0.05, 0) is 74.4 Å². The number of nitrogens with zero attached hydrogens (tertiary/aromatic N) is 2. The van der Waals surface area contributed by atoms with Crippen molar-refractivity contribution < 1.29 is 33.6 Å². The lowest BCUT2D eigenvalue weighted by Crippen LogP contribution is -2.33. The number of amides is 1. The highest BCUT2D eigenvalue weighted by Gasteiger charge is 2.46. The Morgan fingerprint density at radius 2 is 1.72 bits per heavy atom. The first-order valence-corrected chi connectivity index (χ1v) is 13.4. The maximum atomic E-state index is 13.5. The summed E-state index contributed by atoms with van der Waals surface area (Å²) in [7, 11) is 4.53. The largest absolute Gasteiger partial charge is 0.507 e. The molecule has 210 valence electrons. The lowest BCUT2D eigenvalue weighted by Gasteiger charge is -2.27. The molecule has 2 heterocycles. The van der Waals surface area contributed by atoms with E-state index in [1.807, 2.05) is 13.0 Å². The van der Waals surface area contributed by atoms with Crippen molar-refractivity contribution >= 4 is 17.4 Å². The highest BCUT2D eigenvalue weighted by atomic mass is 16.5. The van der Waals surface area contributed by atoms with Crippen LogP contribution < -0.4 is 18.9 Å². The van der Waals surface area contributed by atoms with E-state index in [0.717, 1.165) is 30.9 Å². The molecule has 0 spiro atoms. The number of aliphatic hydroxyl groups is 1. The molecule has 9 nitrogen and oxygen atoms in total. The Morgan fingerprint density at radius 1 is 1.05 bits per heavy atom. The summed E-state index contributed by atoms with van der Waals surface area (Å²) < 4.78 is 22.4. The van der Waals surface area contributed by atoms with Crippen molar-refractivity contribution in [3.63, 3.8) is 0 Å². The first kappa shape index (κ1) is 28.3. The number of Topliss-reactive ketones (excluding diaryl/α,β-unsaturated/α-hetero) is 1. The number of ketones is 1. The number of methoxy groups -OCH3 is 3. The Bertz CT molecular complexity index is 1240. The van der Waals surface area contributed by atoms with Gasteiger partial charge in [0.2, 0.25) is 5.75 Å². The molecule has 2 aromatic rings. The summed E-state index contributed by atoms with van der Waals surface area (Å²) in [5, 5.41) is 11.5. The third-order valence-corrected chi connectivity index (χ3v) is 7.48. The SMILES string of the molecule is CCN(CC)CCCN1C(=O)C(=O)C(=C(O)c2ccc3c(c2)C[C@@H](C)O3)[C@H]1c1cc(OC)c(OC)c(OC)c1. The number of likely N-dealkylation sites (tertiary alicyclic amines) is 1. The van der Waals surface area contributed by atoms with E-state index in [1.165, 1.54) is 26.2 Å². The average molecular weight is 539 g/mol. The summed E-state index contributed by atoms with van der Waals surface area (Å²) in [6.45, 7) is 9.07. The number of hydrogen-bond acceptors (Lipinski definition) is 8. The van der Waals surface area contributed by atoms with Gasteiger partial charge in [-0.25, -0.2) is 0 Å². The molecule has 0 saturated carbocycles. The quantitative estimate of drug-likeness (QED) is 0.258. The van der Waals surface area contributed by atoms with Crippen LogP contribution in [0.25, 0.3) is 5.76 Å². The van der Waals surface area contributed by atoms with Gasteiger partial charge in [0.05, 0.1) is 32.9 Å². The minimum absolute atomic E-state index is 0.0315. The van der Waals surface area contributed by atoms with Gasteiger partial charge < -0.3 is 33.9 Å². The molecule has 2 aromatic carbocycles. The van der Waals surface area contributed by atoms with Gasteiger partial charge in [-0.2, -0.15) is 0 Å². The molecule has 1 amide bonds. The first-order valence-electron chi connectivity index (χ1n) is 13.4. The third kappa shape index (κ3) is 5.41. The van der Waals surface area contributed by atoms with Crippen LogP contribution in [-0.4, -0.2) is 80.2 Å². The Hall–Kier alpha value is -3.72. The molecule has 0 aliphatic carbocycles. The molecule has 1 N–H and O–H groups in total. The summed E-state index contributed by atoms with van der Waals surface area (Å²) >= 11 is 0. The third-order valence-electron chi connectivity index (χ3n) is 7.48. The number of rotatable bonds is 11. The van der Waals surface area contributed by atoms with Crippen molar-refractivity contribution in [2.45, 2.75) is 45.8 Å². The first-order chi connectivity index (χ1) is 18.8. The summed E-state index contributed by atoms with van der Waals surface area (Å²) in [6.07, 6.45) is 1.41. The van der Waals surface area contributed by atoms with Crippen LogP contribution in [0, 0.1) is 0 Å². The predicted molar refractivity (Wildman–Crippen MR) is 148 cm³/mol. The summed E-state index contributed by atoms with van der Waals surface area (Å²) in [5.41, 5.74) is 2.02. The molecule has 39 heavy (non-hydrogen) atoms. The van der Waals surface area contributed by atoms with Crippen molar-refractivity contribution in [2.75, 3.05) is 47.5 Å². The highest BCUT2D eigenvalue weighted by molar-refractivity contribution is 6.46. The molecule has 1 fully saturated rings. The Balaban J connectivity index is 1.83. The summed E-state index contributed by atoms with van der Waals surface area (Å²) in [4.78, 5) is 30.7. The van der Waals surface area contributed by atoms with E-state index >= 15 is 0 Å². The molecule has 0 radical (unpaired) electrons. The number of carbonyl (C=O) groups is 2. The maximum Gasteiger partial charge on any atom is 0.295 e. The summed E-state index contributed by atoms with van der Waals surface area (Å²) in [6, 6.07) is 7.95. The van der Waals surface area contributed by atoms with Crippen LogP contribution >= 0.6 is 0 Å². The fourth-order valence-electron chi connectivity index (χ4n) is 5.45. The molecule has 2 aliphatic heterocycles. The molecule has 2 atom stereocenters. The van der Waals surface area contributed by atoms with Crippen LogP contribution in [0.1, 0.15) is 49.9 Å². The molecular weight excluding hydrogens is 500 g/mol. The molecule has 4 rings (SSSR count). The number of benzene rings is 2. The average Bonchev–Trinajstić information content (AvgIpc) is 3.44. The van der Waals surface area contributed by atoms with Crippen LogP contribution in [0.15, 0.2) is 35.9 Å². The van der Waals surface area contributed by atoms with Gasteiger partial charge in [-0.15, -0.1) is 0 Å². The lowest BCUT2D eigenvalue weighted by atomic mass is 9.94. The molecule has 0 aromatic heterocycles. The Kier molecular flexibility index (Phi) is 8.70. The van der Waals surface area contributed by atoms with Crippen LogP contribution in [0.2, 0.25) is 0 Å². The molecule has 2 aliphatic rings. The van der Waals surface area contributed by atoms with E-state index < -0.39 is 17.7 Å². The van der Waals surface area contributed by atoms with Gasteiger partial charge in [0.15, 0.2) is 11.5 Å². The number of carbonyl (C=O) groups excluding carboxylic acids is 2. The van der Waals surface area contributed by atoms with Crippen LogP contribution in [-0.2, 0) is 16.0 Å². The van der Waals surface area contributed by atoms with Crippen molar-refractivity contribution in [3.05, 3.63) is 52.6 Å². The van der Waals surface area contributed by atoms with E-state index in [4.69, 9.17) is 18.9 Å². The minimum Gasteiger partial charge on any atom is -0.507 e. The maximum absolute atomic E-state index is 13.5. The topological polar surface area (TPSA) is 97.8 Å². The second-order valence-electron chi connectivity index (χ2n) is 9.79. The standard InChI is InChI=1S/C30H38N2O7/c1-7-31(8-2)12-9-13-32-26(21-16-23(36-4)29(38-6)24(17-21)37-5)25(28(34)30(32)35)27(33)19-10-11-22-20(15-19)14-18(3)39-22/h10-11,15-18,26,33H,7-9,12-14H2,1-6H3/t18-,26-/m1/s1. The van der Waals surface area contributed by atoms with Crippen molar-refractivity contribution in [3.8, 4) is 23.0 Å². The van der Waals surface area contributed by atoms with Crippen LogP contribution in [0.5, 0.6) is 23.0 Å². The predicted octanol–water partition coefficient (Wildman–Crippen LogP) is 4.19. The minimum atomic E-state index is -0.834. The van der Waals surface area contributed by atoms with E-state index in [0.29, 0.717) is 47.8 Å². The number of fused-ring (bicyclic) bond motifs is 1. The van der Waals surface area contributed by atoms with Gasteiger partial charge in [-0.3, -0.25) is 9.59 Å². The van der Waals surface area contributed by atoms with Crippen LogP contribution in [0.3, 0.4) is 0 Å². The Labute approximate surface area is 229 Å². The molecule has 9 heteroatoms. The molecule has 0 unspecified atom stereocenters. The highest BCUT2D eigenvalue weighted by Crippen LogP contribution is 2.46. The van der Waals surface area contributed by atoms with Crippen molar-refractivity contribution in [1.82, 2.24) is 9.80 Å². The molecule has 0 bridgehead atoms. The second kappa shape index (κ2) is 12.0. The number of aliphatic hydroxyl groups excluding tert-OH is 1. The van der Waals surface area contributed by atoms with Crippen molar-refractivity contribution in [2.24, 2.45) is 0 Å². The number of hydrogen-bond donors (Lipinski definition) is 1. The van der Waals surface area contributed by atoms with Gasteiger partial charge in [0.1, 0.15) is 17.6 Å². The van der Waals surface area contributed by atoms with Crippen LogP contribution in [0.4, 0.5) is 0 Å². The zero-order chi connectivity index (χ0) is 28.3. The Morgan fingerprint density at radius 3 is 2.31 bits per heavy atom. The molecule has 1 saturated heterocycles. The van der Waals surface area contributed by atoms with Gasteiger partial charge in [0.25, 0.3) is 11.7 Å². The fourth-order valence-corrected chi connectivity index (χ4v) is 5.45. The van der Waals surface area contributed by atoms with Gasteiger partial charge in [-0.1, -0.05) is 13.8 Å².